The fourth-order valence-electron chi connectivity index (χ4n) is 1.80. The quantitative estimate of drug-likeness (QED) is 0.816. The van der Waals surface area contributed by atoms with Crippen molar-refractivity contribution >= 4 is 21.6 Å². The Hall–Kier alpha value is -1.37. The van der Waals surface area contributed by atoms with Crippen molar-refractivity contribution in [2.45, 2.75) is 19.4 Å². The Morgan fingerprint density at radius 1 is 1.53 bits per heavy atom. The summed E-state index contributed by atoms with van der Waals surface area (Å²) in [6.07, 6.45) is 2.29. The molecular formula is C10H16N4O2S. The first-order valence-electron chi connectivity index (χ1n) is 5.63. The molecule has 1 aromatic heterocycles. The van der Waals surface area contributed by atoms with Crippen LogP contribution in [0.2, 0.25) is 0 Å². The summed E-state index contributed by atoms with van der Waals surface area (Å²) in [6.45, 7) is 2.72. The van der Waals surface area contributed by atoms with Gasteiger partial charge in [-0.15, -0.1) is 0 Å². The molecule has 1 aliphatic heterocycles. The molecule has 1 aliphatic rings. The summed E-state index contributed by atoms with van der Waals surface area (Å²) in [5, 5.41) is 6.13. The summed E-state index contributed by atoms with van der Waals surface area (Å²) in [4.78, 5) is 8.30. The van der Waals surface area contributed by atoms with Gasteiger partial charge in [0.25, 0.3) is 0 Å². The van der Waals surface area contributed by atoms with E-state index in [9.17, 15) is 8.42 Å². The predicted octanol–water partition coefficient (Wildman–Crippen LogP) is 0.507. The molecule has 0 bridgehead atoms. The van der Waals surface area contributed by atoms with Crippen molar-refractivity contribution in [2.75, 3.05) is 28.7 Å². The number of hydrogen-bond acceptors (Lipinski definition) is 6. The Balaban J connectivity index is 2.01. The third-order valence-electron chi connectivity index (χ3n) is 2.57. The summed E-state index contributed by atoms with van der Waals surface area (Å²) in [5.41, 5.74) is 0. The van der Waals surface area contributed by atoms with Crippen LogP contribution in [0, 0.1) is 0 Å². The third kappa shape index (κ3) is 3.29. The van der Waals surface area contributed by atoms with Gasteiger partial charge >= 0.3 is 0 Å². The van der Waals surface area contributed by atoms with Gasteiger partial charge in [0.1, 0.15) is 5.82 Å². The molecule has 7 heteroatoms. The van der Waals surface area contributed by atoms with E-state index in [1.807, 2.05) is 6.92 Å². The molecule has 1 saturated heterocycles. The number of sulfone groups is 1. The molecule has 2 rings (SSSR count). The molecule has 0 aliphatic carbocycles. The minimum Gasteiger partial charge on any atom is -0.366 e. The van der Waals surface area contributed by atoms with Crippen LogP contribution in [0.25, 0.3) is 0 Å². The number of aromatic nitrogens is 2. The Kier molecular flexibility index (Phi) is 3.46. The van der Waals surface area contributed by atoms with Crippen LogP contribution in [0.15, 0.2) is 12.3 Å². The lowest BCUT2D eigenvalue weighted by molar-refractivity contribution is 0.602. The van der Waals surface area contributed by atoms with E-state index in [-0.39, 0.29) is 17.5 Å². The van der Waals surface area contributed by atoms with E-state index >= 15 is 0 Å². The second-order valence-electron chi connectivity index (χ2n) is 4.04. The molecule has 1 atom stereocenters. The van der Waals surface area contributed by atoms with E-state index in [1.165, 1.54) is 0 Å². The summed E-state index contributed by atoms with van der Waals surface area (Å²) < 4.78 is 22.6. The smallest absolute Gasteiger partial charge is 0.224 e. The molecule has 0 spiro atoms. The zero-order valence-electron chi connectivity index (χ0n) is 9.68. The van der Waals surface area contributed by atoms with E-state index in [2.05, 4.69) is 20.6 Å². The summed E-state index contributed by atoms with van der Waals surface area (Å²) in [7, 11) is -2.86. The fourth-order valence-corrected chi connectivity index (χ4v) is 3.47. The molecule has 1 fully saturated rings. The second kappa shape index (κ2) is 4.87. The van der Waals surface area contributed by atoms with Crippen molar-refractivity contribution in [1.29, 1.82) is 0 Å². The standard InChI is InChI=1S/C10H16N4O2S/c1-2-11-10-12-5-3-9(14-10)13-8-4-6-17(15,16)7-8/h3,5,8H,2,4,6-7H2,1H3,(H2,11,12,13,14). The average Bonchev–Trinajstić information content (AvgIpc) is 2.59. The number of anilines is 2. The van der Waals surface area contributed by atoms with Crippen molar-refractivity contribution in [3.05, 3.63) is 12.3 Å². The molecule has 1 aromatic rings. The maximum atomic E-state index is 11.3. The summed E-state index contributed by atoms with van der Waals surface area (Å²) in [5.74, 6) is 1.67. The molecule has 0 saturated carbocycles. The lowest BCUT2D eigenvalue weighted by Crippen LogP contribution is -2.21. The van der Waals surface area contributed by atoms with Gasteiger partial charge in [0.15, 0.2) is 9.84 Å². The second-order valence-corrected chi connectivity index (χ2v) is 6.27. The zero-order valence-corrected chi connectivity index (χ0v) is 10.5. The Morgan fingerprint density at radius 2 is 2.35 bits per heavy atom. The minimum atomic E-state index is -2.86. The average molecular weight is 256 g/mol. The number of nitrogens with one attached hydrogen (secondary N) is 2. The van der Waals surface area contributed by atoms with Crippen LogP contribution in [0.1, 0.15) is 13.3 Å². The first kappa shape index (κ1) is 12.1. The minimum absolute atomic E-state index is 0.0376. The van der Waals surface area contributed by atoms with Crippen LogP contribution in [-0.4, -0.2) is 42.5 Å². The molecule has 1 unspecified atom stereocenters. The largest absolute Gasteiger partial charge is 0.366 e. The summed E-state index contributed by atoms with van der Waals surface area (Å²) in [6, 6.07) is 1.70. The highest BCUT2D eigenvalue weighted by molar-refractivity contribution is 7.91. The van der Waals surface area contributed by atoms with Crippen molar-refractivity contribution in [1.82, 2.24) is 9.97 Å². The maximum absolute atomic E-state index is 11.3. The number of rotatable bonds is 4. The van der Waals surface area contributed by atoms with Crippen LogP contribution >= 0.6 is 0 Å². The van der Waals surface area contributed by atoms with Gasteiger partial charge in [0, 0.05) is 18.8 Å². The van der Waals surface area contributed by atoms with Crippen LogP contribution in [0.5, 0.6) is 0 Å². The van der Waals surface area contributed by atoms with Gasteiger partial charge in [-0.05, 0) is 19.4 Å². The molecule has 94 valence electrons. The highest BCUT2D eigenvalue weighted by Gasteiger charge is 2.27. The highest BCUT2D eigenvalue weighted by atomic mass is 32.2. The molecular weight excluding hydrogens is 240 g/mol. The molecule has 2 heterocycles. The molecule has 0 radical (unpaired) electrons. The van der Waals surface area contributed by atoms with Gasteiger partial charge in [-0.3, -0.25) is 0 Å². The van der Waals surface area contributed by atoms with E-state index < -0.39 is 9.84 Å². The van der Waals surface area contributed by atoms with Crippen LogP contribution in [0.3, 0.4) is 0 Å². The molecule has 2 N–H and O–H groups in total. The van der Waals surface area contributed by atoms with E-state index in [0.29, 0.717) is 18.2 Å². The van der Waals surface area contributed by atoms with Crippen molar-refractivity contribution in [2.24, 2.45) is 0 Å². The Morgan fingerprint density at radius 3 is 3.00 bits per heavy atom. The number of nitrogens with zero attached hydrogens (tertiary/aromatic N) is 2. The lowest BCUT2D eigenvalue weighted by atomic mass is 10.2. The van der Waals surface area contributed by atoms with E-state index in [4.69, 9.17) is 0 Å². The molecule has 0 aromatic carbocycles. The van der Waals surface area contributed by atoms with Crippen molar-refractivity contribution in [3.63, 3.8) is 0 Å². The van der Waals surface area contributed by atoms with Gasteiger partial charge in [-0.25, -0.2) is 13.4 Å². The van der Waals surface area contributed by atoms with Gasteiger partial charge in [-0.1, -0.05) is 0 Å². The SMILES string of the molecule is CCNc1nccc(NC2CCS(=O)(=O)C2)n1. The maximum Gasteiger partial charge on any atom is 0.224 e. The Labute approximate surface area is 101 Å². The highest BCUT2D eigenvalue weighted by Crippen LogP contribution is 2.16. The van der Waals surface area contributed by atoms with Gasteiger partial charge < -0.3 is 10.6 Å². The van der Waals surface area contributed by atoms with Gasteiger partial charge in [0.2, 0.25) is 5.95 Å². The monoisotopic (exact) mass is 256 g/mol. The topological polar surface area (TPSA) is 84.0 Å². The van der Waals surface area contributed by atoms with Crippen molar-refractivity contribution in [3.8, 4) is 0 Å². The number of hydrogen-bond donors (Lipinski definition) is 2. The zero-order chi connectivity index (χ0) is 12.3. The normalized spacial score (nSPS) is 22.3. The van der Waals surface area contributed by atoms with Crippen molar-refractivity contribution < 1.29 is 8.42 Å². The first-order chi connectivity index (χ1) is 8.09. The lowest BCUT2D eigenvalue weighted by Gasteiger charge is -2.11. The predicted molar refractivity (Wildman–Crippen MR) is 66.9 cm³/mol. The van der Waals surface area contributed by atoms with Crippen LogP contribution in [0.4, 0.5) is 11.8 Å². The molecule has 6 nitrogen and oxygen atoms in total. The van der Waals surface area contributed by atoms with E-state index in [1.54, 1.807) is 12.3 Å². The van der Waals surface area contributed by atoms with Crippen LogP contribution < -0.4 is 10.6 Å². The fraction of sp³-hybridized carbons (Fsp3) is 0.600. The first-order valence-corrected chi connectivity index (χ1v) is 7.45. The van der Waals surface area contributed by atoms with Crippen LogP contribution in [-0.2, 0) is 9.84 Å². The van der Waals surface area contributed by atoms with Gasteiger partial charge in [-0.2, -0.15) is 4.98 Å². The van der Waals surface area contributed by atoms with E-state index in [0.717, 1.165) is 6.54 Å². The molecule has 17 heavy (non-hydrogen) atoms. The third-order valence-corrected chi connectivity index (χ3v) is 4.34. The Bertz CT molecular complexity index is 489. The summed E-state index contributed by atoms with van der Waals surface area (Å²) >= 11 is 0. The molecule has 0 amide bonds. The van der Waals surface area contributed by atoms with Gasteiger partial charge in [0.05, 0.1) is 11.5 Å².